The molecule has 6 rings (SSSR count). The van der Waals surface area contributed by atoms with Gasteiger partial charge >= 0.3 is 0 Å². The average molecular weight is 686 g/mol. The molecule has 1 saturated carbocycles. The van der Waals surface area contributed by atoms with Crippen molar-refractivity contribution < 1.29 is 18.0 Å². The number of nitrogens with one attached hydrogen (secondary N) is 5. The number of hydrogen-bond donors (Lipinski definition) is 6. The van der Waals surface area contributed by atoms with E-state index >= 15 is 0 Å². The van der Waals surface area contributed by atoms with Gasteiger partial charge < -0.3 is 21.7 Å². The van der Waals surface area contributed by atoms with Gasteiger partial charge in [0.2, 0.25) is 27.7 Å². The largest absolute Gasteiger partial charge is 0.344 e. The molecule has 1 aliphatic heterocycles. The van der Waals surface area contributed by atoms with Crippen LogP contribution in [0.4, 0.5) is 5.69 Å². The van der Waals surface area contributed by atoms with Crippen LogP contribution in [0.3, 0.4) is 0 Å². The van der Waals surface area contributed by atoms with Gasteiger partial charge in [-0.25, -0.2) is 13.1 Å². The van der Waals surface area contributed by atoms with E-state index in [0.717, 1.165) is 66.5 Å². The summed E-state index contributed by atoms with van der Waals surface area (Å²) < 4.78 is 28.7. The van der Waals surface area contributed by atoms with Crippen LogP contribution < -0.4 is 26.4 Å². The number of aryl methyl sites for hydroxylation is 1. The van der Waals surface area contributed by atoms with Crippen LogP contribution in [0.2, 0.25) is 0 Å². The Labute approximate surface area is 286 Å². The fourth-order valence-corrected chi connectivity index (χ4v) is 7.96. The number of nitrogens with two attached hydrogens (primary N) is 1. The van der Waals surface area contributed by atoms with Crippen molar-refractivity contribution in [2.24, 2.45) is 17.6 Å². The normalized spacial score (nSPS) is 20.1. The van der Waals surface area contributed by atoms with Crippen LogP contribution in [0.25, 0.3) is 22.5 Å². The molecule has 0 radical (unpaired) electrons. The highest BCUT2D eigenvalue weighted by molar-refractivity contribution is 7.89. The third kappa shape index (κ3) is 8.57. The minimum Gasteiger partial charge on any atom is -0.344 e. The Bertz CT molecular complexity index is 1830. The van der Waals surface area contributed by atoms with Crippen LogP contribution in [0.15, 0.2) is 71.6 Å². The standard InChI is InChI=1S/C35H43N9O4S/c1-22-18-30(49(47,48)42-29-16-17-37-21-29)14-15-31(22)25-6-2-23(3-7-25)19-32(39-34(45)27-8-4-24(20-36)5-9-27)35(46)38-28-12-10-26(11-13-28)33-40-43-44-41-33/h2-3,6-7,10-15,18,24,27,29,32,37,42H,4-5,8-9,16-17,19-21,36H2,1H3,(H,38,46)(H,39,45)(H,40,41,43,44)/t24-,27-,29-,32+/m1/s1. The van der Waals surface area contributed by atoms with Crippen molar-refractivity contribution >= 4 is 27.5 Å². The molecule has 4 aromatic rings. The second-order valence-corrected chi connectivity index (χ2v) is 14.7. The van der Waals surface area contributed by atoms with Crippen molar-refractivity contribution in [1.82, 2.24) is 36.0 Å². The zero-order chi connectivity index (χ0) is 34.4. The number of anilines is 1. The molecule has 2 heterocycles. The van der Waals surface area contributed by atoms with Gasteiger partial charge in [-0.15, -0.1) is 10.2 Å². The summed E-state index contributed by atoms with van der Waals surface area (Å²) in [7, 11) is -3.63. The van der Waals surface area contributed by atoms with Crippen molar-refractivity contribution in [3.8, 4) is 22.5 Å². The molecule has 2 aliphatic rings. The minimum atomic E-state index is -3.63. The second kappa shape index (κ2) is 15.4. The molecule has 1 aliphatic carbocycles. The number of aromatic nitrogens is 4. The zero-order valence-corrected chi connectivity index (χ0v) is 28.3. The number of carbonyl (C=O) groups excluding carboxylic acids is 2. The molecular formula is C35H43N9O4S. The number of hydrogen-bond acceptors (Lipinski definition) is 9. The van der Waals surface area contributed by atoms with Crippen LogP contribution >= 0.6 is 0 Å². The van der Waals surface area contributed by atoms with Crippen molar-refractivity contribution in [3.05, 3.63) is 77.9 Å². The molecule has 3 aromatic carbocycles. The van der Waals surface area contributed by atoms with Gasteiger partial charge in [0, 0.05) is 36.2 Å². The van der Waals surface area contributed by atoms with E-state index in [1.54, 1.807) is 36.4 Å². The molecule has 13 nitrogen and oxygen atoms in total. The first-order valence-electron chi connectivity index (χ1n) is 16.8. The maximum atomic E-state index is 13.7. The van der Waals surface area contributed by atoms with E-state index in [2.05, 4.69) is 41.3 Å². The summed E-state index contributed by atoms with van der Waals surface area (Å²) >= 11 is 0. The molecule has 1 saturated heterocycles. The molecule has 258 valence electrons. The van der Waals surface area contributed by atoms with Gasteiger partial charge in [-0.3, -0.25) is 9.59 Å². The third-order valence-corrected chi connectivity index (χ3v) is 11.1. The van der Waals surface area contributed by atoms with Crippen LogP contribution in [-0.4, -0.2) is 72.6 Å². The first-order valence-corrected chi connectivity index (χ1v) is 18.2. The van der Waals surface area contributed by atoms with E-state index < -0.39 is 16.1 Å². The smallest absolute Gasteiger partial charge is 0.247 e. The Morgan fingerprint density at radius 3 is 2.33 bits per heavy atom. The van der Waals surface area contributed by atoms with Gasteiger partial charge in [0.1, 0.15) is 6.04 Å². The van der Waals surface area contributed by atoms with Crippen molar-refractivity contribution in [2.75, 3.05) is 25.0 Å². The summed E-state index contributed by atoms with van der Waals surface area (Å²) in [5.74, 6) is 0.280. The molecule has 0 unspecified atom stereocenters. The Morgan fingerprint density at radius 2 is 1.69 bits per heavy atom. The van der Waals surface area contributed by atoms with E-state index in [-0.39, 0.29) is 35.1 Å². The topological polar surface area (TPSA) is 197 Å². The van der Waals surface area contributed by atoms with Gasteiger partial charge in [0.15, 0.2) is 0 Å². The van der Waals surface area contributed by atoms with E-state index in [9.17, 15) is 18.0 Å². The molecular weight excluding hydrogens is 643 g/mol. The number of sulfonamides is 1. The van der Waals surface area contributed by atoms with Gasteiger partial charge in [0.05, 0.1) is 4.90 Å². The van der Waals surface area contributed by atoms with Crippen molar-refractivity contribution in [1.29, 1.82) is 0 Å². The minimum absolute atomic E-state index is 0.109. The molecule has 7 N–H and O–H groups in total. The number of H-pyrrole nitrogens is 1. The third-order valence-electron chi connectivity index (χ3n) is 9.53. The molecule has 2 amide bonds. The first kappa shape index (κ1) is 34.4. The van der Waals surface area contributed by atoms with Crippen LogP contribution in [0.1, 0.15) is 43.2 Å². The lowest BCUT2D eigenvalue weighted by molar-refractivity contribution is -0.130. The number of rotatable bonds is 12. The Hall–Kier alpha value is -4.50. The monoisotopic (exact) mass is 685 g/mol. The lowest BCUT2D eigenvalue weighted by atomic mass is 9.81. The fourth-order valence-electron chi connectivity index (χ4n) is 6.60. The van der Waals surface area contributed by atoms with Crippen LogP contribution in [0, 0.1) is 18.8 Å². The van der Waals surface area contributed by atoms with E-state index in [4.69, 9.17) is 5.73 Å². The number of benzene rings is 3. The second-order valence-electron chi connectivity index (χ2n) is 13.0. The summed E-state index contributed by atoms with van der Waals surface area (Å²) in [6, 6.07) is 19.1. The molecule has 1 aromatic heterocycles. The van der Waals surface area contributed by atoms with Gasteiger partial charge in [-0.1, -0.05) is 30.3 Å². The molecule has 49 heavy (non-hydrogen) atoms. The molecule has 14 heteroatoms. The summed E-state index contributed by atoms with van der Waals surface area (Å²) in [6.45, 7) is 3.94. The number of aromatic amines is 1. The maximum Gasteiger partial charge on any atom is 0.247 e. The quantitative estimate of drug-likeness (QED) is 0.130. The first-order chi connectivity index (χ1) is 23.7. The summed E-state index contributed by atoms with van der Waals surface area (Å²) in [5.41, 5.74) is 10.7. The maximum absolute atomic E-state index is 13.7. The molecule has 2 atom stereocenters. The highest BCUT2D eigenvalue weighted by Gasteiger charge is 2.30. The molecule has 0 bridgehead atoms. The Morgan fingerprint density at radius 1 is 0.959 bits per heavy atom. The van der Waals surface area contributed by atoms with Gasteiger partial charge in [0.25, 0.3) is 0 Å². The number of nitrogens with zero attached hydrogens (tertiary/aromatic N) is 3. The number of amides is 2. The Balaban J connectivity index is 1.16. The average Bonchev–Trinajstić information content (AvgIpc) is 3.84. The zero-order valence-electron chi connectivity index (χ0n) is 27.5. The van der Waals surface area contributed by atoms with Crippen molar-refractivity contribution in [3.63, 3.8) is 0 Å². The molecule has 0 spiro atoms. The van der Waals surface area contributed by atoms with E-state index in [0.29, 0.717) is 30.5 Å². The van der Waals surface area contributed by atoms with E-state index in [1.165, 1.54) is 0 Å². The lowest BCUT2D eigenvalue weighted by Crippen LogP contribution is -2.48. The highest BCUT2D eigenvalue weighted by Crippen LogP contribution is 2.29. The SMILES string of the molecule is Cc1cc(S(=O)(=O)N[C@@H]2CCNC2)ccc1-c1ccc(C[C@H](NC(=O)[C@H]2CC[C@H](CN)CC2)C(=O)Nc2ccc(-c3nn[nH]n3)cc2)cc1. The number of carbonyl (C=O) groups is 2. The fraction of sp³-hybridized carbons (Fsp3) is 0.400. The predicted octanol–water partition coefficient (Wildman–Crippen LogP) is 2.91. The van der Waals surface area contributed by atoms with Gasteiger partial charge in [-0.05, 0) is 122 Å². The number of tetrazole rings is 1. The summed E-state index contributed by atoms with van der Waals surface area (Å²) in [6.07, 6.45) is 4.36. The van der Waals surface area contributed by atoms with Crippen LogP contribution in [0.5, 0.6) is 0 Å². The predicted molar refractivity (Wildman–Crippen MR) is 187 cm³/mol. The Kier molecular flexibility index (Phi) is 10.8. The highest BCUT2D eigenvalue weighted by atomic mass is 32.2. The van der Waals surface area contributed by atoms with E-state index in [1.807, 2.05) is 37.3 Å². The lowest BCUT2D eigenvalue weighted by Gasteiger charge is -2.28. The summed E-state index contributed by atoms with van der Waals surface area (Å²) in [4.78, 5) is 27.3. The summed E-state index contributed by atoms with van der Waals surface area (Å²) in [5, 5.41) is 23.1. The van der Waals surface area contributed by atoms with Gasteiger partial charge in [-0.2, -0.15) is 5.21 Å². The molecule has 2 fully saturated rings. The van der Waals surface area contributed by atoms with Crippen LogP contribution in [-0.2, 0) is 26.0 Å². The van der Waals surface area contributed by atoms with Crippen molar-refractivity contribution in [2.45, 2.75) is 62.4 Å².